The predicted molar refractivity (Wildman–Crippen MR) is 82.7 cm³/mol. The van der Waals surface area contributed by atoms with Crippen LogP contribution in [-0.4, -0.2) is 0 Å². The van der Waals surface area contributed by atoms with Gasteiger partial charge in [0.15, 0.2) is 0 Å². The Morgan fingerprint density at radius 1 is 1.06 bits per heavy atom. The van der Waals surface area contributed by atoms with Gasteiger partial charge in [0.1, 0.15) is 0 Å². The van der Waals surface area contributed by atoms with Gasteiger partial charge in [-0.3, -0.25) is 0 Å². The van der Waals surface area contributed by atoms with Crippen molar-refractivity contribution in [2.75, 3.05) is 0 Å². The Kier molecular flexibility index (Phi) is 7.08. The molecule has 0 aromatic carbocycles. The van der Waals surface area contributed by atoms with Gasteiger partial charge < -0.3 is 0 Å². The topological polar surface area (TPSA) is 0 Å². The van der Waals surface area contributed by atoms with Crippen molar-refractivity contribution in [3.05, 3.63) is 35.5 Å². The Balaban J connectivity index is 2.90. The van der Waals surface area contributed by atoms with Gasteiger partial charge in [0.2, 0.25) is 0 Å². The van der Waals surface area contributed by atoms with Gasteiger partial charge in [-0.1, -0.05) is 70.4 Å². The molecule has 0 N–H and O–H groups in total. The molecule has 1 aliphatic carbocycles. The summed E-state index contributed by atoms with van der Waals surface area (Å²) in [4.78, 5) is 0. The van der Waals surface area contributed by atoms with Gasteiger partial charge in [-0.25, -0.2) is 0 Å². The highest BCUT2D eigenvalue weighted by Gasteiger charge is 2.18. The van der Waals surface area contributed by atoms with Crippen LogP contribution in [0.4, 0.5) is 0 Å². The van der Waals surface area contributed by atoms with Gasteiger partial charge >= 0.3 is 0 Å². The first-order valence-electron chi connectivity index (χ1n) is 7.77. The monoisotopic (exact) mass is 246 g/mol. The van der Waals surface area contributed by atoms with Crippen LogP contribution in [0.25, 0.3) is 0 Å². The molecule has 0 fully saturated rings. The molecule has 0 aromatic rings. The zero-order valence-electron chi connectivity index (χ0n) is 12.7. The van der Waals surface area contributed by atoms with Crippen molar-refractivity contribution in [2.45, 2.75) is 66.2 Å². The summed E-state index contributed by atoms with van der Waals surface area (Å²) in [6.45, 7) is 9.26. The van der Waals surface area contributed by atoms with E-state index in [0.29, 0.717) is 11.8 Å². The molecule has 0 heteroatoms. The minimum absolute atomic E-state index is 0.638. The number of hydrogen-bond acceptors (Lipinski definition) is 0. The van der Waals surface area contributed by atoms with Crippen LogP contribution < -0.4 is 0 Å². The van der Waals surface area contributed by atoms with Crippen LogP contribution in [0.2, 0.25) is 0 Å². The SMILES string of the molecule is CCCCC(CCCC)=C1C=CC=CC1C(C)C. The number of unbranched alkanes of at least 4 members (excludes halogenated alkanes) is 2. The molecule has 1 aliphatic rings. The number of hydrogen-bond donors (Lipinski definition) is 0. The molecule has 102 valence electrons. The van der Waals surface area contributed by atoms with E-state index in [1.54, 1.807) is 11.1 Å². The molecule has 0 radical (unpaired) electrons. The van der Waals surface area contributed by atoms with Crippen LogP contribution in [0.1, 0.15) is 66.2 Å². The number of rotatable bonds is 7. The lowest BCUT2D eigenvalue weighted by atomic mass is 9.80. The van der Waals surface area contributed by atoms with E-state index >= 15 is 0 Å². The maximum absolute atomic E-state index is 2.39. The quantitative estimate of drug-likeness (QED) is 0.512. The maximum Gasteiger partial charge on any atom is 0.00436 e. The maximum atomic E-state index is 2.39. The second-order valence-electron chi connectivity index (χ2n) is 5.78. The fourth-order valence-corrected chi connectivity index (χ4v) is 2.69. The summed E-state index contributed by atoms with van der Waals surface area (Å²) in [7, 11) is 0. The molecule has 0 saturated carbocycles. The molecular weight excluding hydrogens is 216 g/mol. The zero-order chi connectivity index (χ0) is 13.4. The van der Waals surface area contributed by atoms with E-state index in [1.165, 1.54) is 38.5 Å². The zero-order valence-corrected chi connectivity index (χ0v) is 12.7. The van der Waals surface area contributed by atoms with Gasteiger partial charge in [0, 0.05) is 5.92 Å². The normalized spacial score (nSPS) is 18.7. The van der Waals surface area contributed by atoms with E-state index < -0.39 is 0 Å². The molecule has 0 spiro atoms. The van der Waals surface area contributed by atoms with Crippen molar-refractivity contribution in [1.82, 2.24) is 0 Å². The average molecular weight is 246 g/mol. The molecule has 0 nitrogen and oxygen atoms in total. The summed E-state index contributed by atoms with van der Waals surface area (Å²) < 4.78 is 0. The van der Waals surface area contributed by atoms with E-state index in [9.17, 15) is 0 Å². The molecule has 1 unspecified atom stereocenters. The minimum atomic E-state index is 0.638. The lowest BCUT2D eigenvalue weighted by Gasteiger charge is -2.25. The highest BCUT2D eigenvalue weighted by Crippen LogP contribution is 2.32. The summed E-state index contributed by atoms with van der Waals surface area (Å²) in [6.07, 6.45) is 17.1. The second-order valence-corrected chi connectivity index (χ2v) is 5.78. The van der Waals surface area contributed by atoms with Crippen molar-refractivity contribution in [1.29, 1.82) is 0 Å². The molecular formula is C18H30. The standard InChI is InChI=1S/C18H30/c1-5-7-11-16(12-8-6-2)18-14-10-9-13-17(18)15(3)4/h9-10,13-15,17H,5-8,11-12H2,1-4H3. The Hall–Kier alpha value is -0.780. The lowest BCUT2D eigenvalue weighted by Crippen LogP contribution is -2.12. The molecule has 1 rings (SSSR count). The molecule has 0 aliphatic heterocycles. The first-order chi connectivity index (χ1) is 8.70. The molecule has 0 amide bonds. The van der Waals surface area contributed by atoms with Crippen LogP contribution in [0.15, 0.2) is 35.5 Å². The molecule has 0 saturated heterocycles. The van der Waals surface area contributed by atoms with E-state index in [1.807, 2.05) is 0 Å². The number of allylic oxidation sites excluding steroid dienone is 6. The van der Waals surface area contributed by atoms with Crippen LogP contribution >= 0.6 is 0 Å². The fraction of sp³-hybridized carbons (Fsp3) is 0.667. The largest absolute Gasteiger partial charge is 0.0768 e. The van der Waals surface area contributed by atoms with Crippen LogP contribution in [0.3, 0.4) is 0 Å². The Labute approximate surface area is 114 Å². The summed E-state index contributed by atoms with van der Waals surface area (Å²) >= 11 is 0. The van der Waals surface area contributed by atoms with Crippen molar-refractivity contribution in [3.8, 4) is 0 Å². The van der Waals surface area contributed by atoms with Crippen molar-refractivity contribution in [2.24, 2.45) is 11.8 Å². The van der Waals surface area contributed by atoms with E-state index in [4.69, 9.17) is 0 Å². The smallest absolute Gasteiger partial charge is 0.00436 e. The Morgan fingerprint density at radius 3 is 2.17 bits per heavy atom. The molecule has 0 heterocycles. The minimum Gasteiger partial charge on any atom is -0.0768 e. The van der Waals surface area contributed by atoms with Crippen molar-refractivity contribution < 1.29 is 0 Å². The van der Waals surface area contributed by atoms with E-state index in [-0.39, 0.29) is 0 Å². The molecule has 0 aromatic heterocycles. The predicted octanol–water partition coefficient (Wildman–Crippen LogP) is 6.06. The lowest BCUT2D eigenvalue weighted by molar-refractivity contribution is 0.522. The van der Waals surface area contributed by atoms with E-state index in [2.05, 4.69) is 52.0 Å². The van der Waals surface area contributed by atoms with Crippen LogP contribution in [-0.2, 0) is 0 Å². The average Bonchev–Trinajstić information content (AvgIpc) is 2.39. The van der Waals surface area contributed by atoms with Crippen molar-refractivity contribution in [3.63, 3.8) is 0 Å². The third-order valence-electron chi connectivity index (χ3n) is 3.86. The summed E-state index contributed by atoms with van der Waals surface area (Å²) in [5.41, 5.74) is 3.34. The Bertz CT molecular complexity index is 305. The van der Waals surface area contributed by atoms with Crippen LogP contribution in [0, 0.1) is 11.8 Å². The molecule has 18 heavy (non-hydrogen) atoms. The van der Waals surface area contributed by atoms with Gasteiger partial charge in [-0.05, 0) is 37.2 Å². The third kappa shape index (κ3) is 4.48. The van der Waals surface area contributed by atoms with Gasteiger partial charge in [0.25, 0.3) is 0 Å². The highest BCUT2D eigenvalue weighted by atomic mass is 14.2. The van der Waals surface area contributed by atoms with Gasteiger partial charge in [-0.2, -0.15) is 0 Å². The fourth-order valence-electron chi connectivity index (χ4n) is 2.69. The molecule has 1 atom stereocenters. The summed E-state index contributed by atoms with van der Waals surface area (Å²) in [5, 5.41) is 0. The van der Waals surface area contributed by atoms with Gasteiger partial charge in [-0.15, -0.1) is 0 Å². The molecule has 0 bridgehead atoms. The van der Waals surface area contributed by atoms with Crippen LogP contribution in [0.5, 0.6) is 0 Å². The Morgan fingerprint density at radius 2 is 1.67 bits per heavy atom. The highest BCUT2D eigenvalue weighted by molar-refractivity contribution is 5.37. The van der Waals surface area contributed by atoms with E-state index in [0.717, 1.165) is 0 Å². The summed E-state index contributed by atoms with van der Waals surface area (Å²) in [5.74, 6) is 1.35. The first-order valence-corrected chi connectivity index (χ1v) is 7.77. The van der Waals surface area contributed by atoms with Gasteiger partial charge in [0.05, 0.1) is 0 Å². The van der Waals surface area contributed by atoms with Crippen molar-refractivity contribution >= 4 is 0 Å². The second kappa shape index (κ2) is 8.34. The summed E-state index contributed by atoms with van der Waals surface area (Å²) in [6, 6.07) is 0. The first kappa shape index (κ1) is 15.3. The third-order valence-corrected chi connectivity index (χ3v) is 3.86.